The topological polar surface area (TPSA) is 73.7 Å². The molecule has 2 rings (SSSR count). The Hall–Kier alpha value is -1.46. The van der Waals surface area contributed by atoms with Gasteiger partial charge in [-0.15, -0.1) is 0 Å². The van der Waals surface area contributed by atoms with Crippen molar-refractivity contribution in [2.75, 3.05) is 13.6 Å². The van der Waals surface area contributed by atoms with E-state index in [1.807, 2.05) is 11.9 Å². The molecule has 19 heavy (non-hydrogen) atoms. The number of carboxylic acids is 1. The summed E-state index contributed by atoms with van der Waals surface area (Å²) < 4.78 is 0. The molecule has 104 valence electrons. The molecule has 1 saturated carbocycles. The Morgan fingerprint density at radius 2 is 2.11 bits per heavy atom. The summed E-state index contributed by atoms with van der Waals surface area (Å²) in [4.78, 5) is 16.9. The number of carbonyl (C=O) groups is 1. The second kappa shape index (κ2) is 5.67. The van der Waals surface area contributed by atoms with Gasteiger partial charge in [-0.25, -0.2) is 4.79 Å². The van der Waals surface area contributed by atoms with Crippen LogP contribution in [-0.4, -0.2) is 45.3 Å². The van der Waals surface area contributed by atoms with Crippen molar-refractivity contribution in [3.05, 3.63) is 29.6 Å². The fraction of sp³-hybridized carbons (Fsp3) is 0.571. The van der Waals surface area contributed by atoms with Crippen LogP contribution >= 0.6 is 0 Å². The van der Waals surface area contributed by atoms with Crippen LogP contribution in [0.5, 0.6) is 0 Å². The molecule has 0 spiro atoms. The molecule has 1 aromatic heterocycles. The Morgan fingerprint density at radius 1 is 1.42 bits per heavy atom. The van der Waals surface area contributed by atoms with Gasteiger partial charge in [-0.2, -0.15) is 0 Å². The molecule has 1 aliphatic carbocycles. The number of aromatic carboxylic acids is 1. The van der Waals surface area contributed by atoms with Crippen molar-refractivity contribution in [3.63, 3.8) is 0 Å². The second-order valence-corrected chi connectivity index (χ2v) is 5.45. The van der Waals surface area contributed by atoms with E-state index in [4.69, 9.17) is 5.11 Å². The zero-order chi connectivity index (χ0) is 13.9. The molecule has 0 saturated heterocycles. The Bertz CT molecular complexity index is 439. The number of rotatable bonds is 5. The summed E-state index contributed by atoms with van der Waals surface area (Å²) in [5.41, 5.74) is 0.449. The molecule has 5 heteroatoms. The van der Waals surface area contributed by atoms with Crippen LogP contribution in [0.15, 0.2) is 18.3 Å². The predicted octanol–water partition coefficient (Wildman–Crippen LogP) is 1.52. The van der Waals surface area contributed by atoms with E-state index in [0.717, 1.165) is 31.4 Å². The number of likely N-dealkylation sites (N-methyl/N-ethyl adjacent to an activating group) is 1. The first kappa shape index (κ1) is 14.0. The number of hydrogen-bond acceptors (Lipinski definition) is 4. The van der Waals surface area contributed by atoms with Crippen molar-refractivity contribution >= 4 is 5.97 Å². The molecular formula is C14H20N2O3. The number of pyridine rings is 1. The Morgan fingerprint density at radius 3 is 2.63 bits per heavy atom. The van der Waals surface area contributed by atoms with Gasteiger partial charge >= 0.3 is 5.97 Å². The highest BCUT2D eigenvalue weighted by molar-refractivity contribution is 5.87. The van der Waals surface area contributed by atoms with E-state index < -0.39 is 11.6 Å². The Labute approximate surface area is 112 Å². The number of nitrogens with zero attached hydrogens (tertiary/aromatic N) is 2. The van der Waals surface area contributed by atoms with Gasteiger partial charge in [-0.1, -0.05) is 12.8 Å². The van der Waals surface area contributed by atoms with Gasteiger partial charge < -0.3 is 10.2 Å². The third-order valence-electron chi connectivity index (χ3n) is 3.60. The molecule has 0 unspecified atom stereocenters. The third kappa shape index (κ3) is 3.75. The molecular weight excluding hydrogens is 244 g/mol. The SMILES string of the molecule is CN(Cc1ccc(C(=O)O)cn1)CC1(O)CCCC1. The van der Waals surface area contributed by atoms with Gasteiger partial charge in [0, 0.05) is 19.3 Å². The first-order valence-electron chi connectivity index (χ1n) is 6.58. The smallest absolute Gasteiger partial charge is 0.337 e. The Kier molecular flexibility index (Phi) is 4.17. The van der Waals surface area contributed by atoms with Crippen molar-refractivity contribution in [2.24, 2.45) is 0 Å². The highest BCUT2D eigenvalue weighted by atomic mass is 16.4. The summed E-state index contributed by atoms with van der Waals surface area (Å²) in [6.45, 7) is 1.25. The summed E-state index contributed by atoms with van der Waals surface area (Å²) in [6, 6.07) is 3.28. The fourth-order valence-corrected chi connectivity index (χ4v) is 2.67. The van der Waals surface area contributed by atoms with E-state index in [0.29, 0.717) is 13.1 Å². The van der Waals surface area contributed by atoms with Crippen LogP contribution in [-0.2, 0) is 6.54 Å². The van der Waals surface area contributed by atoms with Crippen LogP contribution in [0.25, 0.3) is 0 Å². The molecule has 0 atom stereocenters. The minimum absolute atomic E-state index is 0.195. The monoisotopic (exact) mass is 264 g/mol. The maximum atomic E-state index is 10.7. The van der Waals surface area contributed by atoms with Crippen molar-refractivity contribution in [1.82, 2.24) is 9.88 Å². The first-order chi connectivity index (χ1) is 8.98. The molecule has 5 nitrogen and oxygen atoms in total. The summed E-state index contributed by atoms with van der Waals surface area (Å²) >= 11 is 0. The van der Waals surface area contributed by atoms with Crippen LogP contribution < -0.4 is 0 Å². The molecule has 0 aliphatic heterocycles. The van der Waals surface area contributed by atoms with Crippen molar-refractivity contribution in [1.29, 1.82) is 0 Å². The van der Waals surface area contributed by atoms with Crippen LogP contribution in [0.3, 0.4) is 0 Å². The first-order valence-corrected chi connectivity index (χ1v) is 6.58. The lowest BCUT2D eigenvalue weighted by Gasteiger charge is -2.28. The number of carboxylic acid groups (broad SMARTS) is 1. The summed E-state index contributed by atoms with van der Waals surface area (Å²) in [6.07, 6.45) is 5.28. The van der Waals surface area contributed by atoms with E-state index in [1.165, 1.54) is 6.20 Å². The van der Waals surface area contributed by atoms with Crippen LogP contribution in [0, 0.1) is 0 Å². The standard InChI is InChI=1S/C14H20N2O3/c1-16(10-14(19)6-2-3-7-14)9-12-5-4-11(8-15-12)13(17)18/h4-5,8,19H,2-3,6-7,9-10H2,1H3,(H,17,18). The normalized spacial score (nSPS) is 17.8. The van der Waals surface area contributed by atoms with Gasteiger partial charge in [0.15, 0.2) is 0 Å². The summed E-state index contributed by atoms with van der Waals surface area (Å²) in [5, 5.41) is 19.1. The van der Waals surface area contributed by atoms with Crippen LogP contribution in [0.4, 0.5) is 0 Å². The highest BCUT2D eigenvalue weighted by Gasteiger charge is 2.32. The van der Waals surface area contributed by atoms with Crippen LogP contribution in [0.2, 0.25) is 0 Å². The molecule has 1 aromatic rings. The third-order valence-corrected chi connectivity index (χ3v) is 3.60. The van der Waals surface area contributed by atoms with Gasteiger partial charge in [0.2, 0.25) is 0 Å². The number of hydrogen-bond donors (Lipinski definition) is 2. The fourth-order valence-electron chi connectivity index (χ4n) is 2.67. The van der Waals surface area contributed by atoms with E-state index in [9.17, 15) is 9.90 Å². The van der Waals surface area contributed by atoms with E-state index >= 15 is 0 Å². The molecule has 1 heterocycles. The van der Waals surface area contributed by atoms with E-state index in [-0.39, 0.29) is 5.56 Å². The lowest BCUT2D eigenvalue weighted by Crippen LogP contribution is -2.38. The average Bonchev–Trinajstić information content (AvgIpc) is 2.76. The van der Waals surface area contributed by atoms with E-state index in [2.05, 4.69) is 4.98 Å². The average molecular weight is 264 g/mol. The minimum Gasteiger partial charge on any atom is -0.478 e. The molecule has 0 amide bonds. The second-order valence-electron chi connectivity index (χ2n) is 5.45. The number of aliphatic hydroxyl groups is 1. The lowest BCUT2D eigenvalue weighted by molar-refractivity contribution is 0.0143. The zero-order valence-corrected chi connectivity index (χ0v) is 11.2. The van der Waals surface area contributed by atoms with Crippen molar-refractivity contribution in [2.45, 2.75) is 37.8 Å². The van der Waals surface area contributed by atoms with Gasteiger partial charge in [-0.05, 0) is 32.0 Å². The summed E-state index contributed by atoms with van der Waals surface area (Å²) in [7, 11) is 1.95. The van der Waals surface area contributed by atoms with Gasteiger partial charge in [0.05, 0.1) is 16.9 Å². The van der Waals surface area contributed by atoms with Gasteiger partial charge in [0.1, 0.15) is 0 Å². The largest absolute Gasteiger partial charge is 0.478 e. The quantitative estimate of drug-likeness (QED) is 0.843. The molecule has 0 radical (unpaired) electrons. The number of aromatic nitrogens is 1. The maximum Gasteiger partial charge on any atom is 0.337 e. The molecule has 2 N–H and O–H groups in total. The Balaban J connectivity index is 1.91. The summed E-state index contributed by atoms with van der Waals surface area (Å²) in [5.74, 6) is -0.965. The van der Waals surface area contributed by atoms with Gasteiger partial charge in [-0.3, -0.25) is 9.88 Å². The molecule has 0 aromatic carbocycles. The maximum absolute atomic E-state index is 10.7. The van der Waals surface area contributed by atoms with E-state index in [1.54, 1.807) is 12.1 Å². The molecule has 0 bridgehead atoms. The van der Waals surface area contributed by atoms with Crippen molar-refractivity contribution in [3.8, 4) is 0 Å². The van der Waals surface area contributed by atoms with Gasteiger partial charge in [0.25, 0.3) is 0 Å². The minimum atomic E-state index is -0.965. The molecule has 1 fully saturated rings. The van der Waals surface area contributed by atoms with Crippen molar-refractivity contribution < 1.29 is 15.0 Å². The lowest BCUT2D eigenvalue weighted by atomic mass is 10.0. The zero-order valence-electron chi connectivity index (χ0n) is 11.2. The predicted molar refractivity (Wildman–Crippen MR) is 70.9 cm³/mol. The highest BCUT2D eigenvalue weighted by Crippen LogP contribution is 2.30. The van der Waals surface area contributed by atoms with Crippen LogP contribution in [0.1, 0.15) is 41.7 Å². The molecule has 1 aliphatic rings.